The molecule has 0 saturated carbocycles. The molecule has 0 unspecified atom stereocenters. The van der Waals surface area contributed by atoms with Crippen molar-refractivity contribution in [3.63, 3.8) is 0 Å². The minimum Gasteiger partial charge on any atom is -0.465 e. The first-order chi connectivity index (χ1) is 9.54. The second kappa shape index (κ2) is 4.52. The van der Waals surface area contributed by atoms with E-state index in [0.29, 0.717) is 10.4 Å². The monoisotopic (exact) mass is 292 g/mol. The summed E-state index contributed by atoms with van der Waals surface area (Å²) in [5.74, 6) is -0.629. The average Bonchev–Trinajstić information content (AvgIpc) is 2.45. The third-order valence-corrected chi connectivity index (χ3v) is 4.01. The van der Waals surface area contributed by atoms with Gasteiger partial charge >= 0.3 is 5.97 Å². The zero-order chi connectivity index (χ0) is 14.4. The van der Waals surface area contributed by atoms with Crippen molar-refractivity contribution in [2.45, 2.75) is 6.42 Å². The van der Waals surface area contributed by atoms with Gasteiger partial charge in [-0.15, -0.1) is 0 Å². The molecule has 2 aromatic rings. The first-order valence-electron chi connectivity index (χ1n) is 6.21. The van der Waals surface area contributed by atoms with Crippen molar-refractivity contribution < 1.29 is 9.53 Å². The summed E-state index contributed by atoms with van der Waals surface area (Å²) < 4.78 is 6.48. The van der Waals surface area contributed by atoms with Crippen molar-refractivity contribution in [2.24, 2.45) is 0 Å². The number of likely N-dealkylation sites (N-methyl/N-ethyl adjacent to an activating group) is 1. The molecule has 0 bridgehead atoms. The Morgan fingerprint density at radius 2 is 2.15 bits per heavy atom. The fourth-order valence-corrected chi connectivity index (χ4v) is 2.84. The predicted molar refractivity (Wildman–Crippen MR) is 77.3 cm³/mol. The highest BCUT2D eigenvalue weighted by Gasteiger charge is 2.23. The number of carbonyl (C=O) groups excluding carboxylic acids is 1. The van der Waals surface area contributed by atoms with Crippen LogP contribution in [0.3, 0.4) is 0 Å². The number of halogens is 1. The number of benzene rings is 1. The summed E-state index contributed by atoms with van der Waals surface area (Å²) >= 11 is 6.21. The van der Waals surface area contributed by atoms with Gasteiger partial charge in [0, 0.05) is 30.2 Å². The summed E-state index contributed by atoms with van der Waals surface area (Å²) in [6, 6.07) is 3.36. The molecule has 0 amide bonds. The molecule has 5 nitrogen and oxygen atoms in total. The van der Waals surface area contributed by atoms with Crippen LogP contribution in [0.1, 0.15) is 15.9 Å². The molecule has 2 heterocycles. The number of pyridine rings is 1. The number of ether oxygens (including phenoxy) is 1. The minimum atomic E-state index is -0.629. The maximum atomic E-state index is 12.4. The number of esters is 1. The van der Waals surface area contributed by atoms with Crippen LogP contribution in [0.15, 0.2) is 23.1 Å². The number of rotatable bonds is 1. The van der Waals surface area contributed by atoms with Crippen molar-refractivity contribution in [2.75, 3.05) is 25.7 Å². The molecule has 0 saturated heterocycles. The highest BCUT2D eigenvalue weighted by Crippen LogP contribution is 2.28. The van der Waals surface area contributed by atoms with Crippen molar-refractivity contribution in [3.8, 4) is 0 Å². The summed E-state index contributed by atoms with van der Waals surface area (Å²) in [7, 11) is 3.16. The zero-order valence-corrected chi connectivity index (χ0v) is 11.9. The Balaban J connectivity index is 2.47. The Kier molecular flexibility index (Phi) is 2.94. The van der Waals surface area contributed by atoms with Gasteiger partial charge in [-0.05, 0) is 24.1 Å². The van der Waals surface area contributed by atoms with Gasteiger partial charge < -0.3 is 9.75 Å². The number of methoxy groups -OCH3 is 1. The Morgan fingerprint density at radius 3 is 2.85 bits per heavy atom. The average molecular weight is 293 g/mol. The topological polar surface area (TPSA) is 51.5 Å². The number of carbonyl (C=O) groups is 1. The standard InChI is InChI=1S/C14H13ClN2O3/c1-16-6-5-8-11(15)4-3-9-12(8)17(16)7-10(13(9)18)14(19)20-2/h3-4,7H,5-6H2,1-2H3. The highest BCUT2D eigenvalue weighted by molar-refractivity contribution is 6.32. The summed E-state index contributed by atoms with van der Waals surface area (Å²) in [6.45, 7) is 0.759. The van der Waals surface area contributed by atoms with Gasteiger partial charge in [-0.2, -0.15) is 0 Å². The quantitative estimate of drug-likeness (QED) is 0.749. The van der Waals surface area contributed by atoms with E-state index in [1.807, 2.05) is 12.1 Å². The fraction of sp³-hybridized carbons (Fsp3) is 0.286. The summed E-state index contributed by atoms with van der Waals surface area (Å²) in [5.41, 5.74) is 1.41. The summed E-state index contributed by atoms with van der Waals surface area (Å²) in [4.78, 5) is 24.2. The van der Waals surface area contributed by atoms with Crippen LogP contribution in [0.25, 0.3) is 10.9 Å². The zero-order valence-electron chi connectivity index (χ0n) is 11.1. The van der Waals surface area contributed by atoms with Gasteiger partial charge in [0.2, 0.25) is 5.43 Å². The van der Waals surface area contributed by atoms with Crippen molar-refractivity contribution in [1.82, 2.24) is 4.68 Å². The Labute approximate surface area is 120 Å². The minimum absolute atomic E-state index is 0.0297. The van der Waals surface area contributed by atoms with Crippen molar-refractivity contribution in [3.05, 3.63) is 44.7 Å². The summed E-state index contributed by atoms with van der Waals surface area (Å²) in [5, 5.41) is 3.07. The van der Waals surface area contributed by atoms with E-state index in [2.05, 4.69) is 4.74 Å². The lowest BCUT2D eigenvalue weighted by molar-refractivity contribution is 0.0598. The number of aromatic nitrogens is 1. The second-order valence-electron chi connectivity index (χ2n) is 4.76. The van der Waals surface area contributed by atoms with E-state index >= 15 is 0 Å². The van der Waals surface area contributed by atoms with E-state index < -0.39 is 5.97 Å². The lowest BCUT2D eigenvalue weighted by Crippen LogP contribution is -2.38. The van der Waals surface area contributed by atoms with E-state index in [1.54, 1.807) is 16.8 Å². The third-order valence-electron chi connectivity index (χ3n) is 3.65. The second-order valence-corrected chi connectivity index (χ2v) is 5.17. The van der Waals surface area contributed by atoms with Crippen LogP contribution < -0.4 is 10.4 Å². The molecule has 20 heavy (non-hydrogen) atoms. The molecule has 0 radical (unpaired) electrons. The van der Waals surface area contributed by atoms with Crippen molar-refractivity contribution in [1.29, 1.82) is 0 Å². The Bertz CT molecular complexity index is 782. The van der Waals surface area contributed by atoms with Crippen LogP contribution >= 0.6 is 11.6 Å². The van der Waals surface area contributed by atoms with Crippen LogP contribution in [0, 0.1) is 0 Å². The first-order valence-corrected chi connectivity index (χ1v) is 6.59. The molecule has 1 aliphatic heterocycles. The van der Waals surface area contributed by atoms with Gasteiger partial charge in [-0.3, -0.25) is 9.47 Å². The van der Waals surface area contributed by atoms with Crippen molar-refractivity contribution >= 4 is 28.5 Å². The number of nitrogens with zero attached hydrogens (tertiary/aromatic N) is 2. The largest absolute Gasteiger partial charge is 0.465 e. The van der Waals surface area contributed by atoms with Gasteiger partial charge in [0.1, 0.15) is 5.56 Å². The fourth-order valence-electron chi connectivity index (χ4n) is 2.59. The van der Waals surface area contributed by atoms with Crippen LogP contribution in [0.4, 0.5) is 0 Å². The van der Waals surface area contributed by atoms with E-state index in [4.69, 9.17) is 11.6 Å². The smallest absolute Gasteiger partial charge is 0.343 e. The molecule has 0 N–H and O–H groups in total. The molecular formula is C14H13ClN2O3. The van der Waals surface area contributed by atoms with Crippen LogP contribution in [0.5, 0.6) is 0 Å². The van der Waals surface area contributed by atoms with E-state index in [0.717, 1.165) is 24.0 Å². The molecule has 3 rings (SSSR count). The molecule has 0 spiro atoms. The molecular weight excluding hydrogens is 280 g/mol. The van der Waals surface area contributed by atoms with Gasteiger partial charge in [-0.1, -0.05) is 11.6 Å². The van der Waals surface area contributed by atoms with Crippen LogP contribution in [0.2, 0.25) is 5.02 Å². The molecule has 0 atom stereocenters. The highest BCUT2D eigenvalue weighted by atomic mass is 35.5. The number of hydrogen-bond acceptors (Lipinski definition) is 4. The molecule has 0 aliphatic carbocycles. The molecule has 0 fully saturated rings. The van der Waals surface area contributed by atoms with E-state index in [-0.39, 0.29) is 11.0 Å². The lowest BCUT2D eigenvalue weighted by atomic mass is 10.0. The van der Waals surface area contributed by atoms with Gasteiger partial charge in [0.25, 0.3) is 0 Å². The Hall–Kier alpha value is -2.01. The van der Waals surface area contributed by atoms with Gasteiger partial charge in [0.15, 0.2) is 0 Å². The lowest BCUT2D eigenvalue weighted by Gasteiger charge is -2.31. The van der Waals surface area contributed by atoms with Crippen LogP contribution in [-0.2, 0) is 11.2 Å². The van der Waals surface area contributed by atoms with Gasteiger partial charge in [-0.25, -0.2) is 4.79 Å². The maximum absolute atomic E-state index is 12.4. The molecule has 1 aromatic heterocycles. The normalized spacial score (nSPS) is 13.7. The summed E-state index contributed by atoms with van der Waals surface area (Å²) in [6.07, 6.45) is 2.29. The predicted octanol–water partition coefficient (Wildman–Crippen LogP) is 1.57. The number of hydrogen-bond donors (Lipinski definition) is 0. The molecule has 6 heteroatoms. The molecule has 1 aromatic carbocycles. The SMILES string of the molecule is COC(=O)c1cn2c3c(c(Cl)ccc3c1=O)CCN2C. The van der Waals surface area contributed by atoms with E-state index in [9.17, 15) is 9.59 Å². The molecule has 1 aliphatic rings. The first kappa shape index (κ1) is 13.0. The molecule has 104 valence electrons. The van der Waals surface area contributed by atoms with Crippen LogP contribution in [-0.4, -0.2) is 31.3 Å². The van der Waals surface area contributed by atoms with E-state index in [1.165, 1.54) is 13.3 Å². The maximum Gasteiger partial charge on any atom is 0.343 e. The third kappa shape index (κ3) is 1.70. The Morgan fingerprint density at radius 1 is 1.40 bits per heavy atom. The van der Waals surface area contributed by atoms with Gasteiger partial charge in [0.05, 0.1) is 12.6 Å².